The molecule has 0 aliphatic carbocycles. The van der Waals surface area contributed by atoms with Crippen molar-refractivity contribution in [3.8, 4) is 11.5 Å². The minimum Gasteiger partial charge on any atom is -0.397 e. The van der Waals surface area contributed by atoms with E-state index >= 15 is 0 Å². The van der Waals surface area contributed by atoms with Gasteiger partial charge in [0.15, 0.2) is 0 Å². The fourth-order valence-electron chi connectivity index (χ4n) is 1.82. The van der Waals surface area contributed by atoms with E-state index in [1.807, 2.05) is 13.0 Å². The number of hydrogen-bond acceptors (Lipinski definition) is 8. The van der Waals surface area contributed by atoms with Crippen LogP contribution in [0.4, 0.5) is 5.69 Å². The summed E-state index contributed by atoms with van der Waals surface area (Å²) in [5.41, 5.74) is 13.2. The van der Waals surface area contributed by atoms with E-state index in [-0.39, 0.29) is 12.1 Å². The first-order valence-corrected chi connectivity index (χ1v) is 6.45. The molecule has 3 rings (SSSR count). The van der Waals surface area contributed by atoms with Crippen LogP contribution in [0.2, 0.25) is 0 Å². The minimum atomic E-state index is -0.0899. The molecule has 21 heavy (non-hydrogen) atoms. The Morgan fingerprint density at radius 3 is 2.38 bits per heavy atom. The standard InChI is InChI=1S/C13H14N8/c1-7-9(15)3-5-11(17-7)13-20-18-12(19-21-13)10-4-2-8(14)6-16-10/h2-7,9H,14-15H2,1H3. The van der Waals surface area contributed by atoms with Gasteiger partial charge in [-0.15, -0.1) is 20.4 Å². The topological polar surface area (TPSA) is 129 Å². The average molecular weight is 282 g/mol. The Bertz CT molecular complexity index is 689. The van der Waals surface area contributed by atoms with Gasteiger partial charge in [0.05, 0.1) is 17.9 Å². The maximum absolute atomic E-state index is 5.85. The van der Waals surface area contributed by atoms with Gasteiger partial charge in [-0.05, 0) is 25.1 Å². The summed E-state index contributed by atoms with van der Waals surface area (Å²) in [6, 6.07) is 3.32. The Morgan fingerprint density at radius 1 is 1.05 bits per heavy atom. The summed E-state index contributed by atoms with van der Waals surface area (Å²) in [4.78, 5) is 8.54. The maximum Gasteiger partial charge on any atom is 0.221 e. The van der Waals surface area contributed by atoms with E-state index < -0.39 is 0 Å². The number of hydrogen-bond donors (Lipinski definition) is 2. The van der Waals surface area contributed by atoms with Crippen LogP contribution in [-0.2, 0) is 0 Å². The molecule has 0 saturated heterocycles. The van der Waals surface area contributed by atoms with E-state index in [0.29, 0.717) is 28.7 Å². The van der Waals surface area contributed by atoms with Crippen LogP contribution in [0.15, 0.2) is 35.5 Å². The van der Waals surface area contributed by atoms with Crippen LogP contribution in [0.1, 0.15) is 12.7 Å². The molecule has 0 aromatic carbocycles. The highest BCUT2D eigenvalue weighted by Gasteiger charge is 2.17. The zero-order valence-corrected chi connectivity index (χ0v) is 11.4. The van der Waals surface area contributed by atoms with Gasteiger partial charge in [0.2, 0.25) is 11.6 Å². The van der Waals surface area contributed by atoms with Crippen molar-refractivity contribution in [2.45, 2.75) is 19.0 Å². The van der Waals surface area contributed by atoms with Gasteiger partial charge in [0.1, 0.15) is 11.4 Å². The molecule has 1 aliphatic heterocycles. The summed E-state index contributed by atoms with van der Waals surface area (Å²) >= 11 is 0. The van der Waals surface area contributed by atoms with Gasteiger partial charge in [-0.3, -0.25) is 9.98 Å². The molecular formula is C13H14N8. The van der Waals surface area contributed by atoms with Crippen LogP contribution in [0.5, 0.6) is 0 Å². The van der Waals surface area contributed by atoms with Crippen molar-refractivity contribution in [3.05, 3.63) is 36.3 Å². The first-order valence-electron chi connectivity index (χ1n) is 6.45. The molecule has 0 bridgehead atoms. The number of pyridine rings is 1. The zero-order chi connectivity index (χ0) is 14.8. The molecule has 3 heterocycles. The van der Waals surface area contributed by atoms with E-state index in [0.717, 1.165) is 0 Å². The van der Waals surface area contributed by atoms with Crippen LogP contribution in [0.3, 0.4) is 0 Å². The Morgan fingerprint density at radius 2 is 1.76 bits per heavy atom. The third-order valence-electron chi connectivity index (χ3n) is 3.10. The monoisotopic (exact) mass is 282 g/mol. The molecule has 0 spiro atoms. The summed E-state index contributed by atoms with van der Waals surface area (Å²) < 4.78 is 0. The highest BCUT2D eigenvalue weighted by Crippen LogP contribution is 2.12. The van der Waals surface area contributed by atoms with Crippen molar-refractivity contribution >= 4 is 11.4 Å². The normalized spacial score (nSPS) is 21.1. The zero-order valence-electron chi connectivity index (χ0n) is 11.4. The van der Waals surface area contributed by atoms with Crippen molar-refractivity contribution in [1.29, 1.82) is 0 Å². The van der Waals surface area contributed by atoms with Crippen molar-refractivity contribution in [2.75, 3.05) is 5.73 Å². The van der Waals surface area contributed by atoms with Crippen molar-refractivity contribution in [1.82, 2.24) is 25.4 Å². The third kappa shape index (κ3) is 2.75. The number of aromatic nitrogens is 5. The number of aliphatic imine (C=N–C) groups is 1. The van der Waals surface area contributed by atoms with E-state index in [1.165, 1.54) is 6.20 Å². The lowest BCUT2D eigenvalue weighted by Crippen LogP contribution is -2.33. The number of anilines is 1. The summed E-state index contributed by atoms with van der Waals surface area (Å²) in [7, 11) is 0. The summed E-state index contributed by atoms with van der Waals surface area (Å²) in [6.07, 6.45) is 5.18. The van der Waals surface area contributed by atoms with Crippen LogP contribution in [-0.4, -0.2) is 43.2 Å². The molecule has 8 nitrogen and oxygen atoms in total. The molecule has 4 N–H and O–H groups in total. The van der Waals surface area contributed by atoms with Gasteiger partial charge in [-0.1, -0.05) is 6.08 Å². The number of nitrogens with two attached hydrogens (primary N) is 2. The minimum absolute atomic E-state index is 0.0213. The second-order valence-corrected chi connectivity index (χ2v) is 4.72. The van der Waals surface area contributed by atoms with Gasteiger partial charge < -0.3 is 11.5 Å². The summed E-state index contributed by atoms with van der Waals surface area (Å²) in [5.74, 6) is 0.702. The van der Waals surface area contributed by atoms with Crippen LogP contribution < -0.4 is 11.5 Å². The molecule has 2 atom stereocenters. The quantitative estimate of drug-likeness (QED) is 0.792. The Hall–Kier alpha value is -2.74. The SMILES string of the molecule is CC1N=C(c2nnc(-c3ccc(N)cn3)nn2)C=CC1N. The molecule has 2 unspecified atom stereocenters. The summed E-state index contributed by atoms with van der Waals surface area (Å²) in [5, 5.41) is 16.1. The van der Waals surface area contributed by atoms with Gasteiger partial charge >= 0.3 is 0 Å². The number of dihydropyridines is 1. The molecule has 2 aromatic rings. The average Bonchev–Trinajstić information content (AvgIpc) is 2.51. The van der Waals surface area contributed by atoms with Crippen LogP contribution in [0, 0.1) is 0 Å². The van der Waals surface area contributed by atoms with Gasteiger partial charge in [0, 0.05) is 6.04 Å². The molecule has 0 amide bonds. The lowest BCUT2D eigenvalue weighted by atomic mass is 10.1. The fraction of sp³-hybridized carbons (Fsp3) is 0.231. The molecule has 2 aromatic heterocycles. The Kier molecular flexibility index (Phi) is 3.36. The van der Waals surface area contributed by atoms with Crippen molar-refractivity contribution in [2.24, 2.45) is 10.7 Å². The van der Waals surface area contributed by atoms with Gasteiger partial charge in [-0.2, -0.15) is 0 Å². The predicted octanol–water partition coefficient (Wildman–Crippen LogP) is -0.0145. The summed E-state index contributed by atoms with van der Waals surface area (Å²) in [6.45, 7) is 1.93. The molecule has 106 valence electrons. The maximum atomic E-state index is 5.85. The third-order valence-corrected chi connectivity index (χ3v) is 3.10. The first-order chi connectivity index (χ1) is 10.1. The largest absolute Gasteiger partial charge is 0.397 e. The fourth-order valence-corrected chi connectivity index (χ4v) is 1.82. The van der Waals surface area contributed by atoms with E-state index in [4.69, 9.17) is 11.5 Å². The predicted molar refractivity (Wildman–Crippen MR) is 78.4 cm³/mol. The molecule has 0 saturated carbocycles. The van der Waals surface area contributed by atoms with Crippen molar-refractivity contribution < 1.29 is 0 Å². The second-order valence-electron chi connectivity index (χ2n) is 4.72. The highest BCUT2D eigenvalue weighted by atomic mass is 15.3. The molecule has 1 aliphatic rings. The van der Waals surface area contributed by atoms with Gasteiger partial charge in [-0.25, -0.2) is 0 Å². The van der Waals surface area contributed by atoms with Crippen molar-refractivity contribution in [3.63, 3.8) is 0 Å². The first kappa shape index (κ1) is 13.3. The molecule has 0 fully saturated rings. The second kappa shape index (κ2) is 5.33. The molecule has 8 heteroatoms. The molecule has 0 radical (unpaired) electrons. The number of nitrogens with zero attached hydrogens (tertiary/aromatic N) is 6. The highest BCUT2D eigenvalue weighted by molar-refractivity contribution is 6.06. The van der Waals surface area contributed by atoms with Crippen LogP contribution >= 0.6 is 0 Å². The lowest BCUT2D eigenvalue weighted by Gasteiger charge is -2.17. The number of nitrogen functional groups attached to an aromatic ring is 1. The Balaban J connectivity index is 1.86. The lowest BCUT2D eigenvalue weighted by molar-refractivity contribution is 0.646. The van der Waals surface area contributed by atoms with E-state index in [2.05, 4.69) is 30.4 Å². The van der Waals surface area contributed by atoms with E-state index in [1.54, 1.807) is 18.2 Å². The van der Waals surface area contributed by atoms with Crippen LogP contribution in [0.25, 0.3) is 11.5 Å². The smallest absolute Gasteiger partial charge is 0.221 e. The van der Waals surface area contributed by atoms with Gasteiger partial charge in [0.25, 0.3) is 0 Å². The number of allylic oxidation sites excluding steroid dienone is 1. The molecular weight excluding hydrogens is 268 g/mol. The Labute approximate surface area is 121 Å². The number of rotatable bonds is 2. The van der Waals surface area contributed by atoms with E-state index in [9.17, 15) is 0 Å².